The summed E-state index contributed by atoms with van der Waals surface area (Å²) in [6, 6.07) is 18.9. The van der Waals surface area contributed by atoms with Crippen LogP contribution in [0.1, 0.15) is 18.1 Å². The lowest BCUT2D eigenvalue weighted by atomic mass is 10.1. The third-order valence-corrected chi connectivity index (χ3v) is 4.05. The standard InChI is InChI=1S/C21H22N4O/c1-3-16-9-7-8-15(2)20(16)23-18-12-13-19(22-14-18)25-21(26)24-17-10-5-4-6-11-17/h4-14,23H,3H2,1-2H3,(H2,22,24,25,26). The minimum absolute atomic E-state index is 0.323. The molecule has 1 heterocycles. The zero-order valence-corrected chi connectivity index (χ0v) is 14.9. The minimum atomic E-state index is -0.323. The molecule has 0 saturated heterocycles. The molecule has 0 aliphatic heterocycles. The van der Waals surface area contributed by atoms with Crippen molar-refractivity contribution < 1.29 is 4.79 Å². The quantitative estimate of drug-likeness (QED) is 0.584. The first kappa shape index (κ1) is 17.5. The van der Waals surface area contributed by atoms with E-state index in [9.17, 15) is 4.79 Å². The highest BCUT2D eigenvalue weighted by Crippen LogP contribution is 2.25. The summed E-state index contributed by atoms with van der Waals surface area (Å²) in [5, 5.41) is 8.91. The Morgan fingerprint density at radius 1 is 0.923 bits per heavy atom. The van der Waals surface area contributed by atoms with E-state index >= 15 is 0 Å². The molecule has 0 fully saturated rings. The molecule has 0 aliphatic carbocycles. The summed E-state index contributed by atoms with van der Waals surface area (Å²) >= 11 is 0. The first-order valence-electron chi connectivity index (χ1n) is 8.60. The molecule has 0 radical (unpaired) electrons. The molecular formula is C21H22N4O. The number of nitrogens with zero attached hydrogens (tertiary/aromatic N) is 1. The number of amides is 2. The Balaban J connectivity index is 1.65. The van der Waals surface area contributed by atoms with E-state index in [1.54, 1.807) is 12.3 Å². The number of nitrogens with one attached hydrogen (secondary N) is 3. The van der Waals surface area contributed by atoms with Gasteiger partial charge in [-0.1, -0.05) is 43.3 Å². The number of benzene rings is 2. The summed E-state index contributed by atoms with van der Waals surface area (Å²) in [7, 11) is 0. The molecule has 0 unspecified atom stereocenters. The van der Waals surface area contributed by atoms with Crippen molar-refractivity contribution in [2.45, 2.75) is 20.3 Å². The monoisotopic (exact) mass is 346 g/mol. The molecule has 5 nitrogen and oxygen atoms in total. The van der Waals surface area contributed by atoms with Gasteiger partial charge < -0.3 is 10.6 Å². The van der Waals surface area contributed by atoms with Crippen molar-refractivity contribution in [3.05, 3.63) is 78.0 Å². The maximum Gasteiger partial charge on any atom is 0.324 e. The molecule has 0 saturated carbocycles. The zero-order valence-electron chi connectivity index (χ0n) is 14.9. The van der Waals surface area contributed by atoms with E-state index in [1.165, 1.54) is 11.1 Å². The van der Waals surface area contributed by atoms with Gasteiger partial charge in [-0.2, -0.15) is 0 Å². The highest BCUT2D eigenvalue weighted by atomic mass is 16.2. The molecule has 0 spiro atoms. The predicted molar refractivity (Wildman–Crippen MR) is 107 cm³/mol. The smallest absolute Gasteiger partial charge is 0.324 e. The van der Waals surface area contributed by atoms with Crippen LogP contribution in [-0.2, 0) is 6.42 Å². The van der Waals surface area contributed by atoms with Gasteiger partial charge in [0.2, 0.25) is 0 Å². The summed E-state index contributed by atoms with van der Waals surface area (Å²) in [5.41, 5.74) is 5.17. The van der Waals surface area contributed by atoms with Crippen LogP contribution in [0.4, 0.5) is 27.7 Å². The van der Waals surface area contributed by atoms with Crippen molar-refractivity contribution in [3.8, 4) is 0 Å². The largest absolute Gasteiger partial charge is 0.354 e. The van der Waals surface area contributed by atoms with Crippen LogP contribution in [0, 0.1) is 6.92 Å². The summed E-state index contributed by atoms with van der Waals surface area (Å²) < 4.78 is 0. The molecule has 1 aromatic heterocycles. The number of hydrogen-bond donors (Lipinski definition) is 3. The van der Waals surface area contributed by atoms with E-state index in [1.807, 2.05) is 36.4 Å². The van der Waals surface area contributed by atoms with Crippen molar-refractivity contribution in [3.63, 3.8) is 0 Å². The number of anilines is 4. The Morgan fingerprint density at radius 2 is 1.73 bits per heavy atom. The van der Waals surface area contributed by atoms with E-state index in [-0.39, 0.29) is 6.03 Å². The van der Waals surface area contributed by atoms with Crippen LogP contribution in [-0.4, -0.2) is 11.0 Å². The highest BCUT2D eigenvalue weighted by Gasteiger charge is 2.06. The second-order valence-electron chi connectivity index (χ2n) is 5.96. The number of carbonyl (C=O) groups is 1. The highest BCUT2D eigenvalue weighted by molar-refractivity contribution is 5.99. The van der Waals surface area contributed by atoms with Gasteiger partial charge in [0.25, 0.3) is 0 Å². The van der Waals surface area contributed by atoms with Gasteiger partial charge in [0.1, 0.15) is 5.82 Å². The molecule has 3 rings (SSSR count). The van der Waals surface area contributed by atoms with Crippen LogP contribution in [0.5, 0.6) is 0 Å². The second kappa shape index (κ2) is 8.16. The van der Waals surface area contributed by atoms with Crippen LogP contribution in [0.25, 0.3) is 0 Å². The van der Waals surface area contributed by atoms with Crippen molar-refractivity contribution in [2.24, 2.45) is 0 Å². The van der Waals surface area contributed by atoms with Crippen LogP contribution < -0.4 is 16.0 Å². The third-order valence-electron chi connectivity index (χ3n) is 4.05. The normalized spacial score (nSPS) is 10.2. The van der Waals surface area contributed by atoms with Crippen molar-refractivity contribution >= 4 is 28.9 Å². The predicted octanol–water partition coefficient (Wildman–Crippen LogP) is 5.34. The fourth-order valence-electron chi connectivity index (χ4n) is 2.69. The molecule has 5 heteroatoms. The molecule has 0 aliphatic rings. The number of aryl methyl sites for hydroxylation is 2. The van der Waals surface area contributed by atoms with Crippen molar-refractivity contribution in [2.75, 3.05) is 16.0 Å². The number of hydrogen-bond acceptors (Lipinski definition) is 3. The van der Waals surface area contributed by atoms with E-state index < -0.39 is 0 Å². The van der Waals surface area contributed by atoms with E-state index in [0.29, 0.717) is 5.82 Å². The van der Waals surface area contributed by atoms with Crippen LogP contribution in [0.2, 0.25) is 0 Å². The second-order valence-corrected chi connectivity index (χ2v) is 5.96. The van der Waals surface area contributed by atoms with E-state index in [0.717, 1.165) is 23.5 Å². The average molecular weight is 346 g/mol. The fraction of sp³-hybridized carbons (Fsp3) is 0.143. The van der Waals surface area contributed by atoms with Gasteiger partial charge in [-0.05, 0) is 48.7 Å². The number of urea groups is 1. The summed E-state index contributed by atoms with van der Waals surface area (Å²) in [5.74, 6) is 0.490. The maximum atomic E-state index is 12.0. The summed E-state index contributed by atoms with van der Waals surface area (Å²) in [6.45, 7) is 4.22. The van der Waals surface area contributed by atoms with Crippen LogP contribution in [0.15, 0.2) is 66.9 Å². The van der Waals surface area contributed by atoms with E-state index in [2.05, 4.69) is 53.0 Å². The first-order chi connectivity index (χ1) is 12.7. The number of aromatic nitrogens is 1. The molecular weight excluding hydrogens is 324 g/mol. The van der Waals surface area contributed by atoms with Crippen molar-refractivity contribution in [1.29, 1.82) is 0 Å². The van der Waals surface area contributed by atoms with Gasteiger partial charge in [-0.3, -0.25) is 5.32 Å². The molecule has 3 N–H and O–H groups in total. The number of para-hydroxylation sites is 2. The Labute approximate surface area is 153 Å². The lowest BCUT2D eigenvalue weighted by molar-refractivity contribution is 0.262. The molecule has 0 atom stereocenters. The van der Waals surface area contributed by atoms with Gasteiger partial charge in [0, 0.05) is 11.4 Å². The SMILES string of the molecule is CCc1cccc(C)c1Nc1ccc(NC(=O)Nc2ccccc2)nc1. The van der Waals surface area contributed by atoms with Gasteiger partial charge in [-0.25, -0.2) is 9.78 Å². The Bertz CT molecular complexity index is 876. The molecule has 132 valence electrons. The lowest BCUT2D eigenvalue weighted by Gasteiger charge is -2.14. The Morgan fingerprint density at radius 3 is 2.42 bits per heavy atom. The number of pyridine rings is 1. The number of rotatable bonds is 5. The molecule has 26 heavy (non-hydrogen) atoms. The average Bonchev–Trinajstić information content (AvgIpc) is 2.65. The maximum absolute atomic E-state index is 12.0. The van der Waals surface area contributed by atoms with Gasteiger partial charge >= 0.3 is 6.03 Å². The molecule has 2 aromatic carbocycles. The summed E-state index contributed by atoms with van der Waals surface area (Å²) in [6.07, 6.45) is 2.67. The van der Waals surface area contributed by atoms with Gasteiger partial charge in [0.15, 0.2) is 0 Å². The first-order valence-corrected chi connectivity index (χ1v) is 8.60. The molecule has 0 bridgehead atoms. The molecule has 3 aromatic rings. The van der Waals surface area contributed by atoms with Crippen molar-refractivity contribution in [1.82, 2.24) is 4.98 Å². The number of carbonyl (C=O) groups excluding carboxylic acids is 1. The third kappa shape index (κ3) is 4.39. The van der Waals surface area contributed by atoms with Gasteiger partial charge in [-0.15, -0.1) is 0 Å². The van der Waals surface area contributed by atoms with Gasteiger partial charge in [0.05, 0.1) is 11.9 Å². The topological polar surface area (TPSA) is 66.0 Å². The fourth-order valence-corrected chi connectivity index (χ4v) is 2.69. The summed E-state index contributed by atoms with van der Waals surface area (Å²) in [4.78, 5) is 16.3. The van der Waals surface area contributed by atoms with Crippen LogP contribution >= 0.6 is 0 Å². The lowest BCUT2D eigenvalue weighted by Crippen LogP contribution is -2.19. The zero-order chi connectivity index (χ0) is 18.4. The minimum Gasteiger partial charge on any atom is -0.354 e. The van der Waals surface area contributed by atoms with Crippen LogP contribution in [0.3, 0.4) is 0 Å². The molecule has 2 amide bonds. The Kier molecular flexibility index (Phi) is 5.49. The Hall–Kier alpha value is -3.34. The van der Waals surface area contributed by atoms with E-state index in [4.69, 9.17) is 0 Å².